The molecular formula is C44H50N4O8. The number of nitrogens with zero attached hydrogens (tertiary/aromatic N) is 4. The van der Waals surface area contributed by atoms with E-state index in [1.54, 1.807) is 79.1 Å². The molecule has 56 heavy (non-hydrogen) atoms. The summed E-state index contributed by atoms with van der Waals surface area (Å²) in [5.41, 5.74) is 3.86. The molecule has 2 aliphatic heterocycles. The summed E-state index contributed by atoms with van der Waals surface area (Å²) < 4.78 is 32.3. The first-order valence-electron chi connectivity index (χ1n) is 18.4. The van der Waals surface area contributed by atoms with Crippen molar-refractivity contribution in [1.82, 2.24) is 19.6 Å². The summed E-state index contributed by atoms with van der Waals surface area (Å²) in [5, 5.41) is 0. The van der Waals surface area contributed by atoms with Gasteiger partial charge in [-0.1, -0.05) is 47.9 Å². The average molecular weight is 763 g/mol. The summed E-state index contributed by atoms with van der Waals surface area (Å²) in [6.45, 7) is 7.52. The highest BCUT2D eigenvalue weighted by atomic mass is 16.5. The van der Waals surface area contributed by atoms with E-state index >= 15 is 0 Å². The predicted molar refractivity (Wildman–Crippen MR) is 214 cm³/mol. The van der Waals surface area contributed by atoms with E-state index in [1.165, 1.54) is 23.3 Å². The Morgan fingerprint density at radius 2 is 0.839 bits per heavy atom. The van der Waals surface area contributed by atoms with Gasteiger partial charge in [-0.05, 0) is 47.5 Å². The highest BCUT2D eigenvalue weighted by Crippen LogP contribution is 2.39. The van der Waals surface area contributed by atoms with E-state index in [4.69, 9.17) is 28.4 Å². The molecule has 0 N–H and O–H groups in total. The third-order valence-corrected chi connectivity index (χ3v) is 9.58. The number of carbonyl (C=O) groups excluding carboxylic acids is 2. The molecule has 0 atom stereocenters. The highest BCUT2D eigenvalue weighted by molar-refractivity contribution is 5.88. The summed E-state index contributed by atoms with van der Waals surface area (Å²) >= 11 is 0. The van der Waals surface area contributed by atoms with Crippen LogP contribution >= 0.6 is 0 Å². The van der Waals surface area contributed by atoms with Gasteiger partial charge in [0.2, 0.25) is 23.3 Å². The van der Waals surface area contributed by atoms with Crippen LogP contribution in [-0.4, -0.2) is 126 Å². The molecule has 2 heterocycles. The van der Waals surface area contributed by atoms with Crippen molar-refractivity contribution >= 4 is 11.8 Å². The van der Waals surface area contributed by atoms with Gasteiger partial charge in [0.25, 0.3) is 0 Å². The number of carbonyl (C=O) groups is 2. The third kappa shape index (κ3) is 11.0. The monoisotopic (exact) mass is 762 g/mol. The fourth-order valence-electron chi connectivity index (χ4n) is 6.51. The fraction of sp³-hybridized carbons (Fsp3) is 0.364. The Morgan fingerprint density at radius 1 is 0.518 bits per heavy atom. The molecule has 0 aliphatic carbocycles. The number of benzene rings is 3. The van der Waals surface area contributed by atoms with Crippen molar-refractivity contribution in [3.8, 4) is 58.2 Å². The lowest BCUT2D eigenvalue weighted by atomic mass is 10.1. The van der Waals surface area contributed by atoms with Gasteiger partial charge < -0.3 is 38.2 Å². The van der Waals surface area contributed by atoms with Crippen molar-refractivity contribution in [1.29, 1.82) is 0 Å². The number of allylic oxidation sites excluding steroid dienone is 2. The lowest BCUT2D eigenvalue weighted by Crippen LogP contribution is -2.48. The summed E-state index contributed by atoms with van der Waals surface area (Å²) in [6, 6.07) is 15.8. The molecule has 0 unspecified atom stereocenters. The first-order chi connectivity index (χ1) is 27.3. The minimum absolute atomic E-state index is 0.0479. The van der Waals surface area contributed by atoms with Crippen molar-refractivity contribution in [2.45, 2.75) is 13.1 Å². The van der Waals surface area contributed by atoms with Crippen LogP contribution in [0.3, 0.4) is 0 Å². The predicted octanol–water partition coefficient (Wildman–Crippen LogP) is 4.24. The van der Waals surface area contributed by atoms with E-state index in [2.05, 4.69) is 57.7 Å². The van der Waals surface area contributed by atoms with Gasteiger partial charge in [0.15, 0.2) is 23.0 Å². The summed E-state index contributed by atoms with van der Waals surface area (Å²) in [5.74, 6) is 14.9. The number of methoxy groups -OCH3 is 6. The van der Waals surface area contributed by atoms with Crippen LogP contribution in [-0.2, 0) is 22.7 Å². The van der Waals surface area contributed by atoms with Gasteiger partial charge in [-0.15, -0.1) is 0 Å². The molecule has 2 fully saturated rings. The summed E-state index contributed by atoms with van der Waals surface area (Å²) in [4.78, 5) is 34.1. The Morgan fingerprint density at radius 3 is 1.12 bits per heavy atom. The van der Waals surface area contributed by atoms with E-state index in [0.29, 0.717) is 71.8 Å². The largest absolute Gasteiger partial charge is 0.493 e. The van der Waals surface area contributed by atoms with E-state index in [-0.39, 0.29) is 11.8 Å². The zero-order valence-electron chi connectivity index (χ0n) is 33.1. The standard InChI is InChI=1S/C44H50N4O8/c1-51-37-27-35(28-38(52-2)43(37)55-5)11-7-9-13-41(49)47-23-19-45(20-24-47)31-33-15-17-34(18-16-33)32-46-21-25-48(26-22-46)42(50)14-10-8-12-36-29-39(53-3)44(56-6)40(30-36)54-4/h9-10,13-18,27-30H,19-26,31-32H2,1-6H3. The van der Waals surface area contributed by atoms with Crippen molar-refractivity contribution in [3.05, 3.63) is 95.1 Å². The second kappa shape index (κ2) is 20.6. The normalized spacial score (nSPS) is 14.8. The molecular weight excluding hydrogens is 713 g/mol. The van der Waals surface area contributed by atoms with Crippen LogP contribution in [0.1, 0.15) is 22.3 Å². The molecule has 0 radical (unpaired) electrons. The van der Waals surface area contributed by atoms with E-state index < -0.39 is 0 Å². The maximum Gasteiger partial charge on any atom is 0.247 e. The summed E-state index contributed by atoms with van der Waals surface area (Å²) in [7, 11) is 9.34. The number of ether oxygens (including phenoxy) is 6. The first kappa shape index (κ1) is 41.1. The minimum atomic E-state index is -0.0479. The fourth-order valence-corrected chi connectivity index (χ4v) is 6.51. The van der Waals surface area contributed by atoms with E-state index in [9.17, 15) is 9.59 Å². The van der Waals surface area contributed by atoms with Gasteiger partial charge in [-0.3, -0.25) is 19.4 Å². The van der Waals surface area contributed by atoms with Gasteiger partial charge in [0.05, 0.1) is 42.7 Å². The van der Waals surface area contributed by atoms with Crippen LogP contribution < -0.4 is 28.4 Å². The molecule has 2 saturated heterocycles. The Hall–Kier alpha value is -6.08. The molecule has 5 rings (SSSR count). The van der Waals surface area contributed by atoms with Gasteiger partial charge >= 0.3 is 0 Å². The molecule has 3 aromatic carbocycles. The van der Waals surface area contributed by atoms with Crippen LogP contribution in [0, 0.1) is 23.7 Å². The van der Waals surface area contributed by atoms with Crippen LogP contribution in [0.15, 0.2) is 72.8 Å². The van der Waals surface area contributed by atoms with Crippen LogP contribution in [0.5, 0.6) is 34.5 Å². The number of piperazine rings is 2. The smallest absolute Gasteiger partial charge is 0.247 e. The molecule has 0 spiro atoms. The van der Waals surface area contributed by atoms with Crippen LogP contribution in [0.25, 0.3) is 0 Å². The molecule has 294 valence electrons. The lowest BCUT2D eigenvalue weighted by Gasteiger charge is -2.34. The Balaban J connectivity index is 1.01. The topological polar surface area (TPSA) is 102 Å². The Kier molecular flexibility index (Phi) is 15.1. The Labute approximate surface area is 330 Å². The molecule has 0 bridgehead atoms. The van der Waals surface area contributed by atoms with E-state index in [0.717, 1.165) is 39.3 Å². The minimum Gasteiger partial charge on any atom is -0.493 e. The van der Waals surface area contributed by atoms with Crippen molar-refractivity contribution in [3.63, 3.8) is 0 Å². The van der Waals surface area contributed by atoms with Gasteiger partial charge in [0, 0.05) is 88.7 Å². The van der Waals surface area contributed by atoms with Crippen LogP contribution in [0.2, 0.25) is 0 Å². The molecule has 2 aliphatic rings. The molecule has 12 heteroatoms. The van der Waals surface area contributed by atoms with E-state index in [1.807, 2.05) is 9.80 Å². The molecule has 2 amide bonds. The maximum atomic E-state index is 12.8. The highest BCUT2D eigenvalue weighted by Gasteiger charge is 2.21. The zero-order valence-corrected chi connectivity index (χ0v) is 33.1. The number of hydrogen-bond acceptors (Lipinski definition) is 10. The van der Waals surface area contributed by atoms with Crippen molar-refractivity contribution in [2.24, 2.45) is 0 Å². The second-order valence-electron chi connectivity index (χ2n) is 13.1. The molecule has 0 saturated carbocycles. The first-order valence-corrected chi connectivity index (χ1v) is 18.4. The molecule has 0 aromatic heterocycles. The quantitative estimate of drug-likeness (QED) is 0.197. The summed E-state index contributed by atoms with van der Waals surface area (Å²) in [6.07, 6.45) is 6.20. The maximum absolute atomic E-state index is 12.8. The number of amides is 2. The van der Waals surface area contributed by atoms with Crippen molar-refractivity contribution in [2.75, 3.05) is 95.0 Å². The SMILES string of the molecule is COc1cc(C#CC=CC(=O)N2CCN(Cc3ccc(CN4CCN(C(=O)C=CC#Cc5cc(OC)c(OC)c(OC)c5)CC4)cc3)CC2)cc(OC)c1OC. The van der Waals surface area contributed by atoms with Crippen molar-refractivity contribution < 1.29 is 38.0 Å². The van der Waals surface area contributed by atoms with Gasteiger partial charge in [-0.25, -0.2) is 0 Å². The molecule has 12 nitrogen and oxygen atoms in total. The third-order valence-electron chi connectivity index (χ3n) is 9.58. The molecule has 3 aromatic rings. The average Bonchev–Trinajstić information content (AvgIpc) is 3.24. The zero-order chi connectivity index (χ0) is 39.9. The van der Waals surface area contributed by atoms with Crippen LogP contribution in [0.4, 0.5) is 0 Å². The second-order valence-corrected chi connectivity index (χ2v) is 13.1. The number of hydrogen-bond donors (Lipinski definition) is 0. The lowest BCUT2D eigenvalue weighted by molar-refractivity contribution is -0.128. The Bertz CT molecular complexity index is 1810. The van der Waals surface area contributed by atoms with Gasteiger partial charge in [0.1, 0.15) is 0 Å². The number of rotatable bonds is 12. The van der Waals surface area contributed by atoms with Gasteiger partial charge in [-0.2, -0.15) is 0 Å².